The predicted molar refractivity (Wildman–Crippen MR) is 130 cm³/mol. The molecule has 1 aromatic carbocycles. The molecule has 5 atom stereocenters. The lowest BCUT2D eigenvalue weighted by Gasteiger charge is -2.24. The smallest absolute Gasteiger partial charge is 0.310 e. The summed E-state index contributed by atoms with van der Waals surface area (Å²) in [6, 6.07) is 13.2. The first kappa shape index (κ1) is 26.2. The van der Waals surface area contributed by atoms with Crippen molar-refractivity contribution in [2.24, 2.45) is 11.7 Å². The van der Waals surface area contributed by atoms with Gasteiger partial charge in [0.15, 0.2) is 5.82 Å². The summed E-state index contributed by atoms with van der Waals surface area (Å²) in [4.78, 5) is 28.8. The van der Waals surface area contributed by atoms with Crippen LogP contribution >= 0.6 is 0 Å². The van der Waals surface area contributed by atoms with Crippen LogP contribution in [0.25, 0.3) is 5.52 Å². The van der Waals surface area contributed by atoms with E-state index in [9.17, 15) is 25.1 Å². The van der Waals surface area contributed by atoms with Gasteiger partial charge in [0.25, 0.3) is 0 Å². The fraction of sp³-hybridized carbons (Fsp3) is 0.400. The van der Waals surface area contributed by atoms with Crippen molar-refractivity contribution in [2.45, 2.75) is 50.2 Å². The van der Waals surface area contributed by atoms with Gasteiger partial charge in [0.2, 0.25) is 11.5 Å². The molecular weight excluding hydrogens is 480 g/mol. The normalized spacial score (nSPS) is 24.1. The van der Waals surface area contributed by atoms with Crippen molar-refractivity contribution in [3.63, 3.8) is 0 Å². The fourth-order valence-corrected chi connectivity index (χ4v) is 4.12. The number of rotatable bonds is 8. The highest BCUT2D eigenvalue weighted by atomic mass is 16.6. The third-order valence-corrected chi connectivity index (χ3v) is 6.32. The number of carbonyl (C=O) groups is 2. The first-order chi connectivity index (χ1) is 17.7. The number of anilines is 1. The summed E-state index contributed by atoms with van der Waals surface area (Å²) < 4.78 is 12.4. The van der Waals surface area contributed by atoms with E-state index in [2.05, 4.69) is 15.4 Å². The molecule has 0 aliphatic carbocycles. The molecule has 37 heavy (non-hydrogen) atoms. The van der Waals surface area contributed by atoms with E-state index in [-0.39, 0.29) is 30.5 Å². The molecule has 1 unspecified atom stereocenters. The maximum Gasteiger partial charge on any atom is 0.310 e. The Labute approximate surface area is 212 Å². The van der Waals surface area contributed by atoms with E-state index in [1.54, 1.807) is 30.3 Å². The molecule has 1 saturated heterocycles. The van der Waals surface area contributed by atoms with Gasteiger partial charge in [0.1, 0.15) is 42.8 Å². The highest BCUT2D eigenvalue weighted by molar-refractivity contribution is 5.97. The lowest BCUT2D eigenvalue weighted by atomic mass is 9.92. The minimum absolute atomic E-state index is 0.0187. The maximum atomic E-state index is 12.5. The minimum Gasteiger partial charge on any atom is -0.463 e. The van der Waals surface area contributed by atoms with E-state index >= 15 is 0 Å². The third kappa shape index (κ3) is 5.03. The highest BCUT2D eigenvalue weighted by Gasteiger charge is 2.57. The number of hydrogen-bond acceptors (Lipinski definition) is 10. The Morgan fingerprint density at radius 3 is 2.68 bits per heavy atom. The monoisotopic (exact) mass is 508 g/mol. The van der Waals surface area contributed by atoms with E-state index < -0.39 is 41.8 Å². The van der Waals surface area contributed by atoms with Gasteiger partial charge >= 0.3 is 5.97 Å². The number of nitrogens with one attached hydrogen (secondary N) is 1. The second-order valence-corrected chi connectivity index (χ2v) is 9.17. The molecule has 12 heteroatoms. The van der Waals surface area contributed by atoms with Crippen LogP contribution in [-0.2, 0) is 31.1 Å². The van der Waals surface area contributed by atoms with E-state index in [0.717, 1.165) is 5.56 Å². The van der Waals surface area contributed by atoms with Crippen LogP contribution in [0.2, 0.25) is 0 Å². The number of aliphatic hydroxyl groups excluding tert-OH is 2. The molecule has 0 saturated carbocycles. The molecule has 2 aromatic heterocycles. The molecule has 4 rings (SSSR count). The molecule has 1 aliphatic heterocycles. The molecule has 3 aromatic rings. The number of nitrogens with two attached hydrogens (primary N) is 1. The Kier molecular flexibility index (Phi) is 7.51. The van der Waals surface area contributed by atoms with Crippen molar-refractivity contribution in [2.75, 3.05) is 11.9 Å². The van der Waals surface area contributed by atoms with E-state index in [1.807, 2.05) is 26.0 Å². The summed E-state index contributed by atoms with van der Waals surface area (Å²) in [6.07, 6.45) is -3.20. The van der Waals surface area contributed by atoms with Gasteiger partial charge in [-0.1, -0.05) is 44.2 Å². The van der Waals surface area contributed by atoms with Crippen LogP contribution in [0.3, 0.4) is 0 Å². The van der Waals surface area contributed by atoms with Crippen LogP contribution in [0.5, 0.6) is 0 Å². The van der Waals surface area contributed by atoms with Crippen LogP contribution < -0.4 is 11.1 Å². The molecule has 0 radical (unpaired) electrons. The summed E-state index contributed by atoms with van der Waals surface area (Å²) in [5.74, 6) is -0.954. The maximum absolute atomic E-state index is 12.5. The fourth-order valence-electron chi connectivity index (χ4n) is 4.12. The lowest BCUT2D eigenvalue weighted by molar-refractivity contribution is -0.149. The van der Waals surface area contributed by atoms with E-state index in [0.29, 0.717) is 5.52 Å². The molecule has 5 N–H and O–H groups in total. The van der Waals surface area contributed by atoms with Crippen LogP contribution in [0.15, 0.2) is 48.8 Å². The Balaban J connectivity index is 1.55. The third-order valence-electron chi connectivity index (χ3n) is 6.32. The topological polar surface area (TPSA) is 185 Å². The van der Waals surface area contributed by atoms with Gasteiger partial charge in [-0.3, -0.25) is 9.59 Å². The Bertz CT molecular complexity index is 1320. The Hall–Kier alpha value is -3.89. The Morgan fingerprint density at radius 2 is 2.00 bits per heavy atom. The zero-order valence-corrected chi connectivity index (χ0v) is 20.3. The van der Waals surface area contributed by atoms with Crippen LogP contribution in [0.4, 0.5) is 5.82 Å². The summed E-state index contributed by atoms with van der Waals surface area (Å²) >= 11 is 0. The number of aromatic nitrogens is 3. The van der Waals surface area contributed by atoms with Gasteiger partial charge in [-0.05, 0) is 23.6 Å². The quantitative estimate of drug-likeness (QED) is 0.308. The van der Waals surface area contributed by atoms with Crippen molar-refractivity contribution >= 4 is 23.2 Å². The van der Waals surface area contributed by atoms with Gasteiger partial charge < -0.3 is 30.7 Å². The number of fused-ring (bicyclic) bond motifs is 1. The van der Waals surface area contributed by atoms with Crippen molar-refractivity contribution in [1.29, 1.82) is 5.26 Å². The number of nitriles is 1. The number of ether oxygens (including phenoxy) is 2. The van der Waals surface area contributed by atoms with Crippen molar-refractivity contribution in [3.8, 4) is 6.07 Å². The molecule has 3 heterocycles. The van der Waals surface area contributed by atoms with E-state index in [4.69, 9.17) is 15.2 Å². The average molecular weight is 509 g/mol. The number of carbonyl (C=O) groups excluding carboxylic acids is 2. The standard InChI is InChI=1S/C25H28N6O6/c1-14(2)20(27)24(35)30-23-16-8-9-18(31(16)29-13-28-23)25(12-26)22(34)21(33)17(37-25)11-36-19(32)10-15-6-4-3-5-7-15/h3-9,13-14,17,20-22,33-34H,10-11,27H2,1-2H3,(H,28,29,30,35)/t17-,20?,21-,22-,25+/m1/s1. The molecule has 194 valence electrons. The summed E-state index contributed by atoms with van der Waals surface area (Å²) in [7, 11) is 0. The summed E-state index contributed by atoms with van der Waals surface area (Å²) in [5.41, 5.74) is 5.05. The van der Waals surface area contributed by atoms with Gasteiger partial charge in [-0.15, -0.1) is 0 Å². The molecule has 0 bridgehead atoms. The number of nitrogens with zero attached hydrogens (tertiary/aromatic N) is 4. The molecular formula is C25H28N6O6. The zero-order chi connectivity index (χ0) is 26.7. The molecule has 0 spiro atoms. The van der Waals surface area contributed by atoms with Crippen LogP contribution in [0.1, 0.15) is 25.1 Å². The van der Waals surface area contributed by atoms with Gasteiger partial charge in [0.05, 0.1) is 18.2 Å². The highest BCUT2D eigenvalue weighted by Crippen LogP contribution is 2.40. The Morgan fingerprint density at radius 1 is 1.27 bits per heavy atom. The minimum atomic E-state index is -2.04. The second-order valence-electron chi connectivity index (χ2n) is 9.17. The zero-order valence-electron chi connectivity index (χ0n) is 20.3. The number of benzene rings is 1. The van der Waals surface area contributed by atoms with E-state index in [1.165, 1.54) is 16.9 Å². The summed E-state index contributed by atoms with van der Waals surface area (Å²) in [6.45, 7) is 3.25. The van der Waals surface area contributed by atoms with Gasteiger partial charge in [-0.2, -0.15) is 10.4 Å². The lowest BCUT2D eigenvalue weighted by Crippen LogP contribution is -2.41. The van der Waals surface area contributed by atoms with Crippen LogP contribution in [0, 0.1) is 17.2 Å². The molecule has 1 fully saturated rings. The van der Waals surface area contributed by atoms with Crippen LogP contribution in [-0.4, -0.2) is 67.6 Å². The average Bonchev–Trinajstić information content (AvgIpc) is 3.43. The molecule has 1 amide bonds. The number of hydrogen-bond donors (Lipinski definition) is 4. The molecule has 1 aliphatic rings. The van der Waals surface area contributed by atoms with Crippen molar-refractivity contribution in [1.82, 2.24) is 14.6 Å². The van der Waals surface area contributed by atoms with Gasteiger partial charge in [-0.25, -0.2) is 9.50 Å². The summed E-state index contributed by atoms with van der Waals surface area (Å²) in [5, 5.41) is 38.4. The van der Waals surface area contributed by atoms with Gasteiger partial charge in [0, 0.05) is 0 Å². The number of aliphatic hydroxyl groups is 2. The molecule has 12 nitrogen and oxygen atoms in total. The predicted octanol–water partition coefficient (Wildman–Crippen LogP) is 0.276. The first-order valence-corrected chi connectivity index (χ1v) is 11.7. The van der Waals surface area contributed by atoms with Crippen molar-refractivity contribution in [3.05, 3.63) is 60.0 Å². The number of esters is 1. The largest absolute Gasteiger partial charge is 0.463 e. The first-order valence-electron chi connectivity index (χ1n) is 11.7. The number of amides is 1. The SMILES string of the molecule is CC(C)C(N)C(=O)Nc1ncnn2c([C@]3(C#N)O[C@H](COC(=O)Cc4ccccc4)[C@@H](O)[C@H]3O)ccc12. The van der Waals surface area contributed by atoms with Crippen molar-refractivity contribution < 1.29 is 29.3 Å². The second kappa shape index (κ2) is 10.6.